The number of hydrogen-bond donors (Lipinski definition) is 2. The van der Waals surface area contributed by atoms with E-state index in [0.717, 1.165) is 36.5 Å². The molecule has 0 unspecified atom stereocenters. The van der Waals surface area contributed by atoms with E-state index in [0.29, 0.717) is 24.6 Å². The molecule has 2 aromatic rings. The Morgan fingerprint density at radius 3 is 2.71 bits per heavy atom. The molecule has 1 aromatic heterocycles. The Morgan fingerprint density at radius 1 is 1.10 bits per heavy atom. The number of likely N-dealkylation sites (tertiary alicyclic amines) is 1. The summed E-state index contributed by atoms with van der Waals surface area (Å²) in [7, 11) is 0. The Hall–Kier alpha value is -2.38. The smallest absolute Gasteiger partial charge is 0.251 e. The van der Waals surface area contributed by atoms with E-state index >= 15 is 0 Å². The zero-order chi connectivity index (χ0) is 21.2. The molecule has 7 nitrogen and oxygen atoms in total. The number of carbonyl (C=O) groups is 2. The molecule has 1 aromatic carbocycles. The summed E-state index contributed by atoms with van der Waals surface area (Å²) in [6.45, 7) is 5.46. The van der Waals surface area contributed by atoms with Crippen molar-refractivity contribution in [2.45, 2.75) is 31.8 Å². The lowest BCUT2D eigenvalue weighted by Gasteiger charge is -2.38. The summed E-state index contributed by atoms with van der Waals surface area (Å²) in [5.74, 6) is 1.46. The molecule has 3 aliphatic rings. The first-order valence-electron chi connectivity index (χ1n) is 11.6. The first kappa shape index (κ1) is 20.5. The Balaban J connectivity index is 1.09. The molecule has 31 heavy (non-hydrogen) atoms. The fourth-order valence-electron chi connectivity index (χ4n) is 4.81. The van der Waals surface area contributed by atoms with Crippen molar-refractivity contribution in [2.75, 3.05) is 45.9 Å². The first-order valence-corrected chi connectivity index (χ1v) is 11.6. The van der Waals surface area contributed by atoms with Crippen molar-refractivity contribution in [3.8, 4) is 0 Å². The highest BCUT2D eigenvalue weighted by molar-refractivity contribution is 5.97. The van der Waals surface area contributed by atoms with Crippen molar-refractivity contribution in [2.24, 2.45) is 11.8 Å². The van der Waals surface area contributed by atoms with Crippen LogP contribution in [0.4, 0.5) is 0 Å². The second-order valence-corrected chi connectivity index (χ2v) is 9.41. The summed E-state index contributed by atoms with van der Waals surface area (Å²) in [5.41, 5.74) is 1.57. The maximum atomic E-state index is 12.6. The van der Waals surface area contributed by atoms with Crippen molar-refractivity contribution in [1.29, 1.82) is 0 Å². The van der Waals surface area contributed by atoms with Crippen LogP contribution in [0.5, 0.6) is 0 Å². The molecule has 0 bridgehead atoms. The zero-order valence-corrected chi connectivity index (χ0v) is 18.0. The predicted octanol–water partition coefficient (Wildman–Crippen LogP) is 2.25. The number of ether oxygens (including phenoxy) is 1. The van der Waals surface area contributed by atoms with E-state index in [1.165, 1.54) is 32.2 Å². The molecular weight excluding hydrogens is 392 g/mol. The SMILES string of the molecule is O=C(NC[C@@H]1CN(CC2CCN(CC3CC3)CC2)C(=O)CO1)c1ccc2cc[nH]c2c1. The van der Waals surface area contributed by atoms with Crippen LogP contribution in [0, 0.1) is 11.8 Å². The maximum absolute atomic E-state index is 12.6. The van der Waals surface area contributed by atoms with Gasteiger partial charge in [-0.15, -0.1) is 0 Å². The van der Waals surface area contributed by atoms with Gasteiger partial charge in [0.2, 0.25) is 5.91 Å². The molecule has 2 aliphatic heterocycles. The molecule has 5 rings (SSSR count). The number of H-pyrrole nitrogens is 1. The van der Waals surface area contributed by atoms with Crippen LogP contribution in [0.3, 0.4) is 0 Å². The lowest BCUT2D eigenvalue weighted by molar-refractivity contribution is -0.149. The van der Waals surface area contributed by atoms with E-state index in [9.17, 15) is 9.59 Å². The average Bonchev–Trinajstić information content (AvgIpc) is 3.47. The molecule has 0 radical (unpaired) electrons. The van der Waals surface area contributed by atoms with Crippen molar-refractivity contribution < 1.29 is 14.3 Å². The summed E-state index contributed by atoms with van der Waals surface area (Å²) < 4.78 is 5.70. The molecule has 2 saturated heterocycles. The van der Waals surface area contributed by atoms with Gasteiger partial charge in [-0.3, -0.25) is 9.59 Å². The van der Waals surface area contributed by atoms with Gasteiger partial charge in [-0.2, -0.15) is 0 Å². The molecule has 166 valence electrons. The molecule has 2 amide bonds. The lowest BCUT2D eigenvalue weighted by atomic mass is 9.95. The third-order valence-corrected chi connectivity index (χ3v) is 6.93. The third-order valence-electron chi connectivity index (χ3n) is 6.93. The van der Waals surface area contributed by atoms with Crippen LogP contribution in [0.15, 0.2) is 30.5 Å². The van der Waals surface area contributed by atoms with E-state index in [4.69, 9.17) is 4.74 Å². The van der Waals surface area contributed by atoms with Crippen LogP contribution in [0.1, 0.15) is 36.0 Å². The zero-order valence-electron chi connectivity index (χ0n) is 18.0. The van der Waals surface area contributed by atoms with E-state index in [2.05, 4.69) is 15.2 Å². The Bertz CT molecular complexity index is 930. The second kappa shape index (κ2) is 9.01. The quantitative estimate of drug-likeness (QED) is 0.715. The van der Waals surface area contributed by atoms with Crippen LogP contribution in [0.25, 0.3) is 10.9 Å². The van der Waals surface area contributed by atoms with E-state index in [1.807, 2.05) is 35.4 Å². The summed E-state index contributed by atoms with van der Waals surface area (Å²) >= 11 is 0. The molecule has 7 heteroatoms. The highest BCUT2D eigenvalue weighted by atomic mass is 16.5. The molecular formula is C24H32N4O3. The van der Waals surface area contributed by atoms with Gasteiger partial charge in [-0.25, -0.2) is 0 Å². The second-order valence-electron chi connectivity index (χ2n) is 9.41. The normalized spacial score (nSPS) is 23.4. The van der Waals surface area contributed by atoms with Gasteiger partial charge < -0.3 is 24.8 Å². The molecule has 1 atom stereocenters. The van der Waals surface area contributed by atoms with Crippen molar-refractivity contribution in [3.63, 3.8) is 0 Å². The topological polar surface area (TPSA) is 77.7 Å². The summed E-state index contributed by atoms with van der Waals surface area (Å²) in [6.07, 6.45) is 6.84. The van der Waals surface area contributed by atoms with Gasteiger partial charge in [0.1, 0.15) is 6.61 Å². The molecule has 3 heterocycles. The number of amides is 2. The van der Waals surface area contributed by atoms with Gasteiger partial charge in [-0.1, -0.05) is 6.07 Å². The van der Waals surface area contributed by atoms with Gasteiger partial charge in [-0.05, 0) is 74.2 Å². The highest BCUT2D eigenvalue weighted by Gasteiger charge is 2.31. The minimum absolute atomic E-state index is 0.0696. The number of benzene rings is 1. The highest BCUT2D eigenvalue weighted by Crippen LogP contribution is 2.31. The number of aromatic nitrogens is 1. The Kier molecular flexibility index (Phi) is 5.96. The van der Waals surface area contributed by atoms with Gasteiger partial charge >= 0.3 is 0 Å². The Labute approximate surface area is 183 Å². The number of nitrogens with zero attached hydrogens (tertiary/aromatic N) is 2. The van der Waals surface area contributed by atoms with Crippen LogP contribution in [0.2, 0.25) is 0 Å². The summed E-state index contributed by atoms with van der Waals surface area (Å²) in [6, 6.07) is 7.61. The average molecular weight is 425 g/mol. The number of carbonyl (C=O) groups excluding carboxylic acids is 2. The van der Waals surface area contributed by atoms with Crippen molar-refractivity contribution in [3.05, 3.63) is 36.0 Å². The molecule has 3 fully saturated rings. The molecule has 0 spiro atoms. The molecule has 1 saturated carbocycles. The van der Waals surface area contributed by atoms with E-state index < -0.39 is 0 Å². The Morgan fingerprint density at radius 2 is 1.90 bits per heavy atom. The van der Waals surface area contributed by atoms with Crippen LogP contribution >= 0.6 is 0 Å². The van der Waals surface area contributed by atoms with Crippen LogP contribution < -0.4 is 5.32 Å². The number of morpholine rings is 1. The van der Waals surface area contributed by atoms with Gasteiger partial charge in [0.25, 0.3) is 5.91 Å². The minimum Gasteiger partial charge on any atom is -0.365 e. The number of piperidine rings is 1. The predicted molar refractivity (Wildman–Crippen MR) is 119 cm³/mol. The standard InChI is InChI=1S/C24H32N4O3/c29-23-16-31-21(12-26-24(30)20-4-3-19-5-8-25-22(19)11-20)15-28(23)14-18-6-9-27(10-7-18)13-17-1-2-17/h3-5,8,11,17-18,21,25H,1-2,6-7,9-10,12-16H2,(H,26,30)/t21-/m1/s1. The minimum atomic E-state index is -0.161. The van der Waals surface area contributed by atoms with Crippen LogP contribution in [-0.4, -0.2) is 78.6 Å². The van der Waals surface area contributed by atoms with Crippen molar-refractivity contribution >= 4 is 22.7 Å². The monoisotopic (exact) mass is 424 g/mol. The maximum Gasteiger partial charge on any atom is 0.251 e. The van der Waals surface area contributed by atoms with Gasteiger partial charge in [0, 0.05) is 43.5 Å². The first-order chi connectivity index (χ1) is 15.1. The van der Waals surface area contributed by atoms with Crippen molar-refractivity contribution in [1.82, 2.24) is 20.1 Å². The van der Waals surface area contributed by atoms with E-state index in [1.54, 1.807) is 0 Å². The molecule has 2 N–H and O–H groups in total. The van der Waals surface area contributed by atoms with E-state index in [-0.39, 0.29) is 24.5 Å². The van der Waals surface area contributed by atoms with Gasteiger partial charge in [0.05, 0.1) is 6.10 Å². The third kappa shape index (κ3) is 5.10. The molecule has 1 aliphatic carbocycles. The summed E-state index contributed by atoms with van der Waals surface area (Å²) in [4.78, 5) is 32.6. The lowest BCUT2D eigenvalue weighted by Crippen LogP contribution is -2.52. The van der Waals surface area contributed by atoms with Crippen LogP contribution in [-0.2, 0) is 9.53 Å². The number of fused-ring (bicyclic) bond motifs is 1. The number of hydrogen-bond acceptors (Lipinski definition) is 4. The summed E-state index contributed by atoms with van der Waals surface area (Å²) in [5, 5.41) is 4.06. The van der Waals surface area contributed by atoms with Gasteiger partial charge in [0.15, 0.2) is 0 Å². The fraction of sp³-hybridized carbons (Fsp3) is 0.583. The largest absolute Gasteiger partial charge is 0.365 e. The number of nitrogens with one attached hydrogen (secondary N) is 2. The fourth-order valence-corrected chi connectivity index (χ4v) is 4.81. The number of rotatable bonds is 7. The number of aromatic amines is 1.